The van der Waals surface area contributed by atoms with E-state index in [-0.39, 0.29) is 0 Å². The summed E-state index contributed by atoms with van der Waals surface area (Å²) in [5, 5.41) is 0. The molecule has 0 aliphatic heterocycles. The van der Waals surface area contributed by atoms with E-state index in [9.17, 15) is 0 Å². The van der Waals surface area contributed by atoms with Crippen molar-refractivity contribution < 1.29 is 0 Å². The topological polar surface area (TPSA) is 0 Å². The summed E-state index contributed by atoms with van der Waals surface area (Å²) >= 11 is 0. The summed E-state index contributed by atoms with van der Waals surface area (Å²) < 4.78 is 0. The molecule has 0 heteroatoms. The zero-order chi connectivity index (χ0) is 30.9. The van der Waals surface area contributed by atoms with Crippen molar-refractivity contribution in [3.8, 4) is 0 Å². The van der Waals surface area contributed by atoms with Gasteiger partial charge in [0.1, 0.15) is 0 Å². The average Bonchev–Trinajstić information content (AvgIpc) is 3.67. The highest BCUT2D eigenvalue weighted by atomic mass is 14.7. The Morgan fingerprint density at radius 2 is 1.50 bits per heavy atom. The maximum atomic E-state index is 2.76. The predicted octanol–water partition coefficient (Wildman–Crippen LogP) is 13.6. The van der Waals surface area contributed by atoms with E-state index in [0.29, 0.717) is 10.8 Å². The van der Waals surface area contributed by atoms with Crippen molar-refractivity contribution in [2.24, 2.45) is 81.3 Å². The summed E-state index contributed by atoms with van der Waals surface area (Å²) in [5.74, 6) is 10.4. The minimum Gasteiger partial charge on any atom is -0.0654 e. The SMILES string of the molecule is CCCC(C)CC(CCC)C(C)(CC)C(C)C1CCC2CC(C)CC(C3CCC(CC(C)C)CC4CC243)C(C)(C)CC1. The zero-order valence-electron chi connectivity index (χ0n) is 30.9. The van der Waals surface area contributed by atoms with Crippen LogP contribution in [0.15, 0.2) is 0 Å². The second-order valence-corrected chi connectivity index (χ2v) is 18.9. The van der Waals surface area contributed by atoms with E-state index < -0.39 is 0 Å². The molecule has 0 nitrogen and oxygen atoms in total. The largest absolute Gasteiger partial charge is 0.0654 e. The molecule has 2 bridgehead atoms. The minimum absolute atomic E-state index is 0.481. The van der Waals surface area contributed by atoms with Crippen LogP contribution < -0.4 is 0 Å². The Hall–Kier alpha value is 0. The summed E-state index contributed by atoms with van der Waals surface area (Å²) in [7, 11) is 0. The van der Waals surface area contributed by atoms with Crippen LogP contribution in [0.25, 0.3) is 0 Å². The van der Waals surface area contributed by atoms with E-state index in [4.69, 9.17) is 0 Å². The van der Waals surface area contributed by atoms with Gasteiger partial charge in [0.25, 0.3) is 0 Å². The van der Waals surface area contributed by atoms with Gasteiger partial charge >= 0.3 is 0 Å². The van der Waals surface area contributed by atoms with Gasteiger partial charge in [0.05, 0.1) is 0 Å². The molecule has 0 aromatic heterocycles. The van der Waals surface area contributed by atoms with Crippen molar-refractivity contribution in [2.45, 2.75) is 185 Å². The average molecular weight is 583 g/mol. The molecule has 42 heavy (non-hydrogen) atoms. The molecule has 12 unspecified atom stereocenters. The number of hydrogen-bond donors (Lipinski definition) is 0. The first-order valence-corrected chi connectivity index (χ1v) is 19.8. The van der Waals surface area contributed by atoms with Gasteiger partial charge < -0.3 is 0 Å². The number of rotatable bonds is 12. The lowest BCUT2D eigenvalue weighted by molar-refractivity contribution is -0.00135. The molecule has 246 valence electrons. The smallest absolute Gasteiger partial charge is 0.0206 e. The summed E-state index contributed by atoms with van der Waals surface area (Å²) in [6.45, 7) is 28.6. The molecule has 4 rings (SSSR count). The zero-order valence-corrected chi connectivity index (χ0v) is 30.9. The van der Waals surface area contributed by atoms with Gasteiger partial charge in [0, 0.05) is 0 Å². The first-order valence-electron chi connectivity index (χ1n) is 19.8. The summed E-state index contributed by atoms with van der Waals surface area (Å²) in [4.78, 5) is 0. The molecule has 0 saturated heterocycles. The molecule has 4 fully saturated rings. The lowest BCUT2D eigenvalue weighted by Crippen LogP contribution is -2.41. The summed E-state index contributed by atoms with van der Waals surface area (Å²) in [6, 6.07) is 0. The minimum atomic E-state index is 0.481. The normalized spacial score (nSPS) is 40.1. The molecule has 12 atom stereocenters. The van der Waals surface area contributed by atoms with E-state index >= 15 is 0 Å². The number of hydrogen-bond acceptors (Lipinski definition) is 0. The lowest BCUT2D eigenvalue weighted by atomic mass is 9.56. The summed E-state index contributed by atoms with van der Waals surface area (Å²) in [6.07, 6.45) is 25.3. The van der Waals surface area contributed by atoms with Gasteiger partial charge in [0.2, 0.25) is 0 Å². The first-order chi connectivity index (χ1) is 19.8. The van der Waals surface area contributed by atoms with E-state index in [1.165, 1.54) is 70.6 Å². The van der Waals surface area contributed by atoms with E-state index in [2.05, 4.69) is 76.2 Å². The van der Waals surface area contributed by atoms with Crippen LogP contribution >= 0.6 is 0 Å². The highest BCUT2D eigenvalue weighted by Crippen LogP contribution is 2.74. The molecular weight excluding hydrogens is 504 g/mol. The van der Waals surface area contributed by atoms with Crippen LogP contribution in [-0.4, -0.2) is 0 Å². The van der Waals surface area contributed by atoms with Crippen LogP contribution in [0.1, 0.15) is 185 Å². The van der Waals surface area contributed by atoms with Crippen LogP contribution in [0.3, 0.4) is 0 Å². The molecule has 1 spiro atoms. The highest BCUT2D eigenvalue weighted by molar-refractivity contribution is 5.15. The molecule has 0 N–H and O–H groups in total. The molecular formula is C42H78. The van der Waals surface area contributed by atoms with Crippen LogP contribution in [-0.2, 0) is 0 Å². The Morgan fingerprint density at radius 3 is 2.14 bits per heavy atom. The molecule has 0 heterocycles. The maximum absolute atomic E-state index is 2.76. The van der Waals surface area contributed by atoms with Gasteiger partial charge in [-0.3, -0.25) is 0 Å². The molecule has 0 aromatic rings. The summed E-state index contributed by atoms with van der Waals surface area (Å²) in [5.41, 5.74) is 1.69. The molecule has 4 saturated carbocycles. The Morgan fingerprint density at radius 1 is 0.786 bits per heavy atom. The third-order valence-corrected chi connectivity index (χ3v) is 15.4. The third-order valence-electron chi connectivity index (χ3n) is 15.4. The van der Waals surface area contributed by atoms with Crippen molar-refractivity contribution >= 4 is 0 Å². The van der Waals surface area contributed by atoms with E-state index in [1.54, 1.807) is 38.5 Å². The standard InChI is InChI=1S/C42H78/c1-12-15-30(6)24-35(16-13-2)41(11,14-3)32(8)34-18-19-36-25-31(7)26-39(40(9,10)22-21-34)38-20-17-33(23-29(4)5)27-37-28-42(36,37)38/h29-39H,12-28H2,1-11H3. The Balaban J connectivity index is 1.63. The van der Waals surface area contributed by atoms with Crippen molar-refractivity contribution in [1.29, 1.82) is 0 Å². The Kier molecular flexibility index (Phi) is 11.8. The highest BCUT2D eigenvalue weighted by Gasteiger charge is 2.66. The van der Waals surface area contributed by atoms with Gasteiger partial charge in [-0.1, -0.05) is 115 Å². The van der Waals surface area contributed by atoms with E-state index in [0.717, 1.165) is 70.5 Å². The van der Waals surface area contributed by atoms with Crippen LogP contribution in [0.2, 0.25) is 0 Å². The van der Waals surface area contributed by atoms with Crippen LogP contribution in [0.4, 0.5) is 0 Å². The molecule has 0 amide bonds. The Labute approximate surface area is 266 Å². The lowest BCUT2D eigenvalue weighted by Gasteiger charge is -2.49. The van der Waals surface area contributed by atoms with Crippen molar-refractivity contribution in [2.75, 3.05) is 0 Å². The fraction of sp³-hybridized carbons (Fsp3) is 1.00. The third kappa shape index (κ3) is 7.19. The van der Waals surface area contributed by atoms with Crippen LogP contribution in [0.5, 0.6) is 0 Å². The molecule has 0 aromatic carbocycles. The van der Waals surface area contributed by atoms with E-state index in [1.807, 2.05) is 0 Å². The van der Waals surface area contributed by atoms with Crippen molar-refractivity contribution in [3.63, 3.8) is 0 Å². The van der Waals surface area contributed by atoms with Gasteiger partial charge in [-0.05, 0) is 152 Å². The van der Waals surface area contributed by atoms with Crippen LogP contribution in [0, 0.1) is 81.3 Å². The van der Waals surface area contributed by atoms with Crippen molar-refractivity contribution in [1.82, 2.24) is 0 Å². The Bertz CT molecular complexity index is 822. The second kappa shape index (κ2) is 14.2. The molecule has 4 aliphatic carbocycles. The maximum Gasteiger partial charge on any atom is -0.0206 e. The van der Waals surface area contributed by atoms with Gasteiger partial charge in [-0.15, -0.1) is 0 Å². The van der Waals surface area contributed by atoms with Gasteiger partial charge in [-0.2, -0.15) is 0 Å². The second-order valence-electron chi connectivity index (χ2n) is 18.9. The quantitative estimate of drug-likeness (QED) is 0.215. The predicted molar refractivity (Wildman–Crippen MR) is 187 cm³/mol. The molecule has 0 radical (unpaired) electrons. The fourth-order valence-corrected chi connectivity index (χ4v) is 12.7. The monoisotopic (exact) mass is 583 g/mol. The van der Waals surface area contributed by atoms with Gasteiger partial charge in [-0.25, -0.2) is 0 Å². The van der Waals surface area contributed by atoms with Gasteiger partial charge in [0.15, 0.2) is 0 Å². The fourth-order valence-electron chi connectivity index (χ4n) is 12.7. The van der Waals surface area contributed by atoms with Crippen molar-refractivity contribution in [3.05, 3.63) is 0 Å². The molecule has 4 aliphatic rings. The first kappa shape index (κ1) is 34.9.